The fourth-order valence-electron chi connectivity index (χ4n) is 0.711. The average Bonchev–Trinajstić information content (AvgIpc) is 2.52. The van der Waals surface area contributed by atoms with Crippen molar-refractivity contribution in [2.24, 2.45) is 0 Å². The number of hydrogen-bond acceptors (Lipinski definition) is 4. The summed E-state index contributed by atoms with van der Waals surface area (Å²) in [5.74, 6) is -0.239. The van der Waals surface area contributed by atoms with Gasteiger partial charge in [0.05, 0.1) is 10.9 Å². The molecule has 66 valence electrons. The Morgan fingerprint density at radius 2 is 2.58 bits per heavy atom. The lowest BCUT2D eigenvalue weighted by atomic mass is 10.5. The highest BCUT2D eigenvalue weighted by Crippen LogP contribution is 2.29. The van der Waals surface area contributed by atoms with E-state index in [4.69, 9.17) is 0 Å². The zero-order valence-corrected chi connectivity index (χ0v) is 10.2. The third-order valence-electron chi connectivity index (χ3n) is 1.21. The van der Waals surface area contributed by atoms with E-state index in [1.54, 1.807) is 11.8 Å². The van der Waals surface area contributed by atoms with Gasteiger partial charge in [0.15, 0.2) is 0 Å². The quantitative estimate of drug-likeness (QED) is 0.371. The molecular formula is C7H7IO2S2. The summed E-state index contributed by atoms with van der Waals surface area (Å²) in [4.78, 5) is 12.9. The molecule has 0 saturated carbocycles. The molecule has 12 heavy (non-hydrogen) atoms. The monoisotopic (exact) mass is 314 g/mol. The number of methoxy groups -OCH3 is 1. The number of hydrogen-bond donors (Lipinski definition) is 0. The van der Waals surface area contributed by atoms with Crippen LogP contribution < -0.4 is 0 Å². The Balaban J connectivity index is 2.83. The van der Waals surface area contributed by atoms with E-state index in [2.05, 4.69) is 27.3 Å². The zero-order chi connectivity index (χ0) is 8.97. The molecule has 0 aliphatic heterocycles. The van der Waals surface area contributed by atoms with Crippen LogP contribution in [0.5, 0.6) is 0 Å². The van der Waals surface area contributed by atoms with Gasteiger partial charge in [-0.05, 0) is 11.4 Å². The number of thiophene rings is 1. The van der Waals surface area contributed by atoms with Crippen molar-refractivity contribution in [1.82, 2.24) is 0 Å². The minimum atomic E-state index is -0.239. The second-order valence-electron chi connectivity index (χ2n) is 1.86. The Morgan fingerprint density at radius 1 is 1.83 bits per heavy atom. The van der Waals surface area contributed by atoms with E-state index in [0.29, 0.717) is 4.88 Å². The fourth-order valence-corrected chi connectivity index (χ4v) is 3.33. The Hall–Kier alpha value is 0.250. The molecule has 0 N–H and O–H groups in total. The maximum Gasteiger partial charge on any atom is 0.349 e. The molecule has 0 fully saturated rings. The van der Waals surface area contributed by atoms with Gasteiger partial charge < -0.3 is 4.74 Å². The molecule has 5 heteroatoms. The van der Waals surface area contributed by atoms with Crippen LogP contribution >= 0.6 is 45.7 Å². The number of esters is 1. The van der Waals surface area contributed by atoms with E-state index in [-0.39, 0.29) is 5.97 Å². The first kappa shape index (κ1) is 10.3. The van der Waals surface area contributed by atoms with Gasteiger partial charge in [0.25, 0.3) is 0 Å². The number of rotatable bonds is 3. The SMILES string of the molecule is COC(=O)c1sccc1SCI. The summed E-state index contributed by atoms with van der Waals surface area (Å²) < 4.78 is 5.58. The minimum absolute atomic E-state index is 0.239. The second kappa shape index (κ2) is 5.08. The van der Waals surface area contributed by atoms with Crippen molar-refractivity contribution < 1.29 is 9.53 Å². The van der Waals surface area contributed by atoms with Gasteiger partial charge in [-0.15, -0.1) is 23.1 Å². The highest BCUT2D eigenvalue weighted by Gasteiger charge is 2.12. The standard InChI is InChI=1S/C7H7IO2S2/c1-10-7(9)6-5(12-4-8)2-3-11-6/h2-3H,4H2,1H3. The first-order valence-corrected chi connectivity index (χ1v) is 6.53. The Labute approximate surface area is 92.8 Å². The topological polar surface area (TPSA) is 26.3 Å². The first-order valence-electron chi connectivity index (χ1n) is 3.14. The number of ether oxygens (including phenoxy) is 1. The largest absolute Gasteiger partial charge is 0.465 e. The van der Waals surface area contributed by atoms with Gasteiger partial charge in [-0.25, -0.2) is 4.79 Å². The third kappa shape index (κ3) is 2.37. The van der Waals surface area contributed by atoms with Crippen molar-refractivity contribution in [1.29, 1.82) is 0 Å². The van der Waals surface area contributed by atoms with Crippen molar-refractivity contribution in [3.63, 3.8) is 0 Å². The van der Waals surface area contributed by atoms with E-state index in [1.807, 2.05) is 11.4 Å². The van der Waals surface area contributed by atoms with Crippen LogP contribution in [0.25, 0.3) is 0 Å². The molecule has 0 saturated heterocycles. The van der Waals surface area contributed by atoms with E-state index >= 15 is 0 Å². The second-order valence-corrected chi connectivity index (χ2v) is 5.59. The molecule has 0 aliphatic rings. The molecule has 1 rings (SSSR count). The number of alkyl halides is 1. The lowest BCUT2D eigenvalue weighted by Gasteiger charge is -1.98. The molecule has 0 atom stereocenters. The van der Waals surface area contributed by atoms with Gasteiger partial charge in [0.2, 0.25) is 0 Å². The highest BCUT2D eigenvalue weighted by atomic mass is 127. The summed E-state index contributed by atoms with van der Waals surface area (Å²) in [5, 5.41) is 1.90. The van der Waals surface area contributed by atoms with Crippen LogP contribution in [0, 0.1) is 0 Å². The van der Waals surface area contributed by atoms with Crippen molar-refractivity contribution in [2.75, 3.05) is 10.9 Å². The fraction of sp³-hybridized carbons (Fsp3) is 0.286. The summed E-state index contributed by atoms with van der Waals surface area (Å²) in [6.45, 7) is 0. The lowest BCUT2D eigenvalue weighted by molar-refractivity contribution is 0.0603. The van der Waals surface area contributed by atoms with Crippen LogP contribution in [0.4, 0.5) is 0 Å². The van der Waals surface area contributed by atoms with Crippen molar-refractivity contribution >= 4 is 51.7 Å². The van der Waals surface area contributed by atoms with Crippen LogP contribution in [0.15, 0.2) is 16.3 Å². The van der Waals surface area contributed by atoms with E-state index in [1.165, 1.54) is 18.4 Å². The van der Waals surface area contributed by atoms with Crippen LogP contribution in [-0.2, 0) is 4.74 Å². The van der Waals surface area contributed by atoms with E-state index < -0.39 is 0 Å². The molecule has 0 radical (unpaired) electrons. The molecular weight excluding hydrogens is 307 g/mol. The van der Waals surface area contributed by atoms with E-state index in [0.717, 1.165) is 8.66 Å². The maximum absolute atomic E-state index is 11.1. The molecule has 2 nitrogen and oxygen atoms in total. The van der Waals surface area contributed by atoms with Crippen molar-refractivity contribution in [2.45, 2.75) is 4.90 Å². The molecule has 1 aromatic rings. The summed E-state index contributed by atoms with van der Waals surface area (Å²) in [6.07, 6.45) is 0. The maximum atomic E-state index is 11.1. The number of carbonyl (C=O) groups is 1. The summed E-state index contributed by atoms with van der Waals surface area (Å²) in [7, 11) is 1.40. The number of thioether (sulfide) groups is 1. The highest BCUT2D eigenvalue weighted by molar-refractivity contribution is 14.1. The molecule has 0 bridgehead atoms. The Kier molecular flexibility index (Phi) is 4.38. The summed E-state index contributed by atoms with van der Waals surface area (Å²) >= 11 is 5.33. The molecule has 1 heterocycles. The van der Waals surface area contributed by atoms with Crippen LogP contribution in [0.1, 0.15) is 9.67 Å². The van der Waals surface area contributed by atoms with Gasteiger partial charge in [0, 0.05) is 4.90 Å². The van der Waals surface area contributed by atoms with Gasteiger partial charge in [-0.1, -0.05) is 22.6 Å². The van der Waals surface area contributed by atoms with Gasteiger partial charge in [-0.2, -0.15) is 0 Å². The molecule has 0 aliphatic carbocycles. The van der Waals surface area contributed by atoms with Crippen LogP contribution in [-0.4, -0.2) is 16.8 Å². The van der Waals surface area contributed by atoms with Crippen LogP contribution in [0.2, 0.25) is 0 Å². The van der Waals surface area contributed by atoms with Gasteiger partial charge in [0.1, 0.15) is 4.88 Å². The molecule has 0 amide bonds. The van der Waals surface area contributed by atoms with Crippen molar-refractivity contribution in [3.05, 3.63) is 16.3 Å². The number of halogens is 1. The predicted octanol–water partition coefficient (Wildman–Crippen LogP) is 3.02. The average molecular weight is 314 g/mol. The van der Waals surface area contributed by atoms with Crippen molar-refractivity contribution in [3.8, 4) is 0 Å². The molecule has 0 aromatic carbocycles. The minimum Gasteiger partial charge on any atom is -0.465 e. The first-order chi connectivity index (χ1) is 5.79. The smallest absolute Gasteiger partial charge is 0.349 e. The summed E-state index contributed by atoms with van der Waals surface area (Å²) in [6, 6.07) is 1.94. The van der Waals surface area contributed by atoms with Gasteiger partial charge in [-0.3, -0.25) is 0 Å². The molecule has 1 aromatic heterocycles. The van der Waals surface area contributed by atoms with Crippen LogP contribution in [0.3, 0.4) is 0 Å². The Morgan fingerprint density at radius 3 is 3.17 bits per heavy atom. The Bertz CT molecular complexity index is 272. The molecule has 0 spiro atoms. The van der Waals surface area contributed by atoms with E-state index in [9.17, 15) is 4.79 Å². The lowest BCUT2D eigenvalue weighted by Crippen LogP contribution is -1.98. The number of carbonyl (C=O) groups excluding carboxylic acids is 1. The summed E-state index contributed by atoms with van der Waals surface area (Å²) in [5.41, 5.74) is 0. The third-order valence-corrected chi connectivity index (χ3v) is 3.93. The van der Waals surface area contributed by atoms with Gasteiger partial charge >= 0.3 is 5.97 Å². The predicted molar refractivity (Wildman–Crippen MR) is 60.4 cm³/mol. The normalized spacial score (nSPS) is 9.83. The zero-order valence-electron chi connectivity index (χ0n) is 6.37. The molecule has 0 unspecified atom stereocenters.